The van der Waals surface area contributed by atoms with Gasteiger partial charge in [-0.25, -0.2) is 10.4 Å². The summed E-state index contributed by atoms with van der Waals surface area (Å²) < 4.78 is 1.65. The van der Waals surface area contributed by atoms with Crippen molar-refractivity contribution in [2.75, 3.05) is 5.75 Å². The highest BCUT2D eigenvalue weighted by atomic mass is 32.2. The maximum Gasteiger partial charge on any atom is 0.267 e. The molecule has 6 nitrogen and oxygen atoms in total. The van der Waals surface area contributed by atoms with Crippen LogP contribution in [0.3, 0.4) is 0 Å². The monoisotopic (exact) mass is 538 g/mol. The van der Waals surface area contributed by atoms with E-state index < -0.39 is 0 Å². The van der Waals surface area contributed by atoms with Crippen LogP contribution in [0.4, 0.5) is 0 Å². The largest absolute Gasteiger partial charge is 0.272 e. The van der Waals surface area contributed by atoms with E-state index in [0.717, 1.165) is 69.2 Å². The quantitative estimate of drug-likeness (QED) is 0.122. The molecular formula is C30H26N4O2S2. The fourth-order valence-corrected chi connectivity index (χ4v) is 7.11. The first-order valence-electron chi connectivity index (χ1n) is 12.7. The molecule has 0 fully saturated rings. The molecule has 1 amide bonds. The zero-order chi connectivity index (χ0) is 26.1. The average Bonchev–Trinajstić information content (AvgIpc) is 3.33. The summed E-state index contributed by atoms with van der Waals surface area (Å²) >= 11 is 2.87. The Morgan fingerprint density at radius 1 is 1.03 bits per heavy atom. The Bertz CT molecular complexity index is 1750. The lowest BCUT2D eigenvalue weighted by Gasteiger charge is -2.13. The zero-order valence-corrected chi connectivity index (χ0v) is 22.6. The lowest BCUT2D eigenvalue weighted by molar-refractivity contribution is -0.118. The van der Waals surface area contributed by atoms with Crippen LogP contribution >= 0.6 is 23.1 Å². The van der Waals surface area contributed by atoms with E-state index in [4.69, 9.17) is 4.98 Å². The maximum absolute atomic E-state index is 13.8. The van der Waals surface area contributed by atoms with Gasteiger partial charge in [-0.3, -0.25) is 14.2 Å². The Kier molecular flexibility index (Phi) is 6.82. The van der Waals surface area contributed by atoms with Gasteiger partial charge in [-0.1, -0.05) is 72.4 Å². The Balaban J connectivity index is 1.28. The van der Waals surface area contributed by atoms with Gasteiger partial charge in [-0.05, 0) is 61.1 Å². The molecule has 0 bridgehead atoms. The van der Waals surface area contributed by atoms with E-state index >= 15 is 0 Å². The average molecular weight is 539 g/mol. The van der Waals surface area contributed by atoms with E-state index in [-0.39, 0.29) is 17.2 Å². The molecule has 0 atom stereocenters. The number of nitrogens with one attached hydrogen (secondary N) is 1. The minimum atomic E-state index is -0.256. The van der Waals surface area contributed by atoms with E-state index in [2.05, 4.69) is 28.7 Å². The van der Waals surface area contributed by atoms with Crippen molar-refractivity contribution in [3.8, 4) is 5.69 Å². The summed E-state index contributed by atoms with van der Waals surface area (Å²) in [6, 6.07) is 23.7. The van der Waals surface area contributed by atoms with Crippen LogP contribution in [-0.2, 0) is 17.6 Å². The van der Waals surface area contributed by atoms with Gasteiger partial charge in [0.1, 0.15) is 4.83 Å². The fraction of sp³-hybridized carbons (Fsp3) is 0.200. The molecule has 0 aliphatic heterocycles. The van der Waals surface area contributed by atoms with E-state index in [1.54, 1.807) is 15.9 Å². The van der Waals surface area contributed by atoms with Crippen LogP contribution in [-0.4, -0.2) is 26.9 Å². The number of carbonyl (C=O) groups excluding carboxylic acids is 1. The molecule has 8 heteroatoms. The lowest BCUT2D eigenvalue weighted by Crippen LogP contribution is -2.24. The smallest absolute Gasteiger partial charge is 0.267 e. The molecule has 190 valence electrons. The maximum atomic E-state index is 13.8. The number of para-hydroxylation sites is 1. The van der Waals surface area contributed by atoms with Crippen LogP contribution in [0.5, 0.6) is 0 Å². The first kappa shape index (κ1) is 24.6. The third-order valence-corrected chi connectivity index (χ3v) is 8.96. The van der Waals surface area contributed by atoms with Crippen molar-refractivity contribution in [2.45, 2.75) is 37.8 Å². The second kappa shape index (κ2) is 10.6. The van der Waals surface area contributed by atoms with Crippen LogP contribution in [0.2, 0.25) is 0 Å². The van der Waals surface area contributed by atoms with Crippen LogP contribution in [0, 0.1) is 0 Å². The normalized spacial score (nSPS) is 13.6. The highest BCUT2D eigenvalue weighted by Crippen LogP contribution is 2.35. The van der Waals surface area contributed by atoms with Gasteiger partial charge in [0.2, 0.25) is 0 Å². The molecule has 3 aromatic carbocycles. The number of hydrogen-bond donors (Lipinski definition) is 1. The van der Waals surface area contributed by atoms with Crippen molar-refractivity contribution in [2.24, 2.45) is 5.10 Å². The number of thioether (sulfide) groups is 1. The standard InChI is InChI=1S/C30H26N4O2S2/c1-19(22-16-9-11-20-10-5-6-14-23(20)22)32-33-26(35)18-37-30-31-28-27(24-15-7-8-17-25(24)38-28)29(36)34(30)21-12-3-2-4-13-21/h2-6,9-14,16H,7-8,15,17-18H2,1H3,(H,33,35). The molecule has 1 aliphatic carbocycles. The number of aryl methyl sites for hydroxylation is 2. The molecule has 1 aliphatic rings. The Morgan fingerprint density at radius 3 is 2.66 bits per heavy atom. The third kappa shape index (κ3) is 4.66. The number of thiophene rings is 1. The van der Waals surface area contributed by atoms with E-state index in [1.807, 2.05) is 61.5 Å². The number of hydrogen-bond acceptors (Lipinski definition) is 6. The van der Waals surface area contributed by atoms with Crippen molar-refractivity contribution in [3.05, 3.63) is 99.2 Å². The molecule has 0 radical (unpaired) electrons. The molecule has 5 aromatic rings. The predicted molar refractivity (Wildman–Crippen MR) is 157 cm³/mol. The first-order valence-corrected chi connectivity index (χ1v) is 14.5. The Hall–Kier alpha value is -3.75. The van der Waals surface area contributed by atoms with Gasteiger partial charge in [0, 0.05) is 10.4 Å². The van der Waals surface area contributed by atoms with Gasteiger partial charge in [-0.2, -0.15) is 5.10 Å². The van der Waals surface area contributed by atoms with Gasteiger partial charge < -0.3 is 0 Å². The highest BCUT2D eigenvalue weighted by molar-refractivity contribution is 7.99. The van der Waals surface area contributed by atoms with Crippen LogP contribution in [0.15, 0.2) is 87.8 Å². The van der Waals surface area contributed by atoms with Gasteiger partial charge in [0.25, 0.3) is 11.5 Å². The number of nitrogens with zero attached hydrogens (tertiary/aromatic N) is 3. The summed E-state index contributed by atoms with van der Waals surface area (Å²) in [6.07, 6.45) is 4.16. The number of carbonyl (C=O) groups is 1. The second-order valence-corrected chi connectivity index (χ2v) is 11.3. The van der Waals surface area contributed by atoms with Crippen LogP contribution in [0.1, 0.15) is 35.8 Å². The molecule has 38 heavy (non-hydrogen) atoms. The van der Waals surface area contributed by atoms with E-state index in [0.29, 0.717) is 5.16 Å². The lowest BCUT2D eigenvalue weighted by atomic mass is 9.97. The molecule has 6 rings (SSSR count). The summed E-state index contributed by atoms with van der Waals surface area (Å²) in [6.45, 7) is 1.89. The number of rotatable bonds is 6. The summed E-state index contributed by atoms with van der Waals surface area (Å²) in [4.78, 5) is 33.6. The molecule has 0 unspecified atom stereocenters. The fourth-order valence-electron chi connectivity index (χ4n) is 5.00. The number of benzene rings is 3. The summed E-state index contributed by atoms with van der Waals surface area (Å²) in [7, 11) is 0. The van der Waals surface area contributed by atoms with Gasteiger partial charge >= 0.3 is 0 Å². The van der Waals surface area contributed by atoms with Crippen molar-refractivity contribution < 1.29 is 4.79 Å². The molecule has 0 saturated heterocycles. The van der Waals surface area contributed by atoms with Crippen LogP contribution in [0.25, 0.3) is 26.7 Å². The van der Waals surface area contributed by atoms with Crippen molar-refractivity contribution in [1.29, 1.82) is 0 Å². The van der Waals surface area contributed by atoms with E-state index in [1.165, 1.54) is 16.6 Å². The minimum Gasteiger partial charge on any atom is -0.272 e. The molecular weight excluding hydrogens is 512 g/mol. The highest BCUT2D eigenvalue weighted by Gasteiger charge is 2.23. The Labute approximate surface area is 228 Å². The van der Waals surface area contributed by atoms with Crippen molar-refractivity contribution >= 4 is 55.7 Å². The third-order valence-electron chi connectivity index (χ3n) is 6.83. The summed E-state index contributed by atoms with van der Waals surface area (Å²) in [5.74, 6) is -0.170. The first-order chi connectivity index (χ1) is 18.6. The topological polar surface area (TPSA) is 76.3 Å². The number of aromatic nitrogens is 2. The zero-order valence-electron chi connectivity index (χ0n) is 20.9. The van der Waals surface area contributed by atoms with Crippen molar-refractivity contribution in [3.63, 3.8) is 0 Å². The minimum absolute atomic E-state index is 0.0617. The molecule has 2 aromatic heterocycles. The Morgan fingerprint density at radius 2 is 1.79 bits per heavy atom. The predicted octanol–water partition coefficient (Wildman–Crippen LogP) is 6.11. The van der Waals surface area contributed by atoms with Gasteiger partial charge in [0.05, 0.1) is 22.5 Å². The van der Waals surface area contributed by atoms with Gasteiger partial charge in [-0.15, -0.1) is 11.3 Å². The molecule has 0 saturated carbocycles. The number of hydrazone groups is 1. The van der Waals surface area contributed by atoms with Crippen LogP contribution < -0.4 is 11.0 Å². The second-order valence-electron chi connectivity index (χ2n) is 9.31. The SMILES string of the molecule is CC(=NNC(=O)CSc1nc2sc3c(c2c(=O)n1-c1ccccc1)CCCC3)c1cccc2ccccc12. The van der Waals surface area contributed by atoms with Gasteiger partial charge in [0.15, 0.2) is 5.16 Å². The molecule has 2 heterocycles. The molecule has 1 N–H and O–H groups in total. The van der Waals surface area contributed by atoms with Crippen molar-refractivity contribution in [1.82, 2.24) is 15.0 Å². The van der Waals surface area contributed by atoms with E-state index in [9.17, 15) is 9.59 Å². The number of amides is 1. The summed E-state index contributed by atoms with van der Waals surface area (Å²) in [5.41, 5.74) is 6.23. The molecule has 0 spiro atoms. The number of fused-ring (bicyclic) bond motifs is 4. The summed E-state index contributed by atoms with van der Waals surface area (Å²) in [5, 5.41) is 7.82.